The third-order valence-corrected chi connectivity index (χ3v) is 6.71. The summed E-state index contributed by atoms with van der Waals surface area (Å²) in [5.74, 6) is 0.663. The number of aryl methyl sites for hydroxylation is 1. The molecule has 1 atom stereocenters. The topological polar surface area (TPSA) is 50.2 Å². The second kappa shape index (κ2) is 9.40. The summed E-state index contributed by atoms with van der Waals surface area (Å²) in [5.41, 5.74) is 2.04. The smallest absolute Gasteiger partial charge is 0.324 e. The third kappa shape index (κ3) is 4.54. The average Bonchev–Trinajstić information content (AvgIpc) is 3.18. The molecule has 0 fully saturated rings. The molecule has 4 nitrogen and oxygen atoms in total. The lowest BCUT2D eigenvalue weighted by atomic mass is 9.96. The van der Waals surface area contributed by atoms with Gasteiger partial charge in [0.15, 0.2) is 5.82 Å². The second-order valence-electron chi connectivity index (χ2n) is 9.01. The number of halogens is 4. The fourth-order valence-corrected chi connectivity index (χ4v) is 4.98. The third-order valence-electron chi connectivity index (χ3n) is 6.71. The maximum atomic E-state index is 14.6. The zero-order valence-corrected chi connectivity index (χ0v) is 19.4. The monoisotopic (exact) mass is 482 g/mol. The summed E-state index contributed by atoms with van der Waals surface area (Å²) in [6.45, 7) is 1.94. The summed E-state index contributed by atoms with van der Waals surface area (Å²) in [6, 6.07) is 9.93. The number of hydrogen-bond donors (Lipinski definition) is 1. The number of aromatic nitrogens is 2. The minimum Gasteiger partial charge on any atom is -0.324 e. The van der Waals surface area contributed by atoms with Gasteiger partial charge in [0.1, 0.15) is 17.5 Å². The predicted octanol–water partition coefficient (Wildman–Crippen LogP) is 7.28. The lowest BCUT2D eigenvalue weighted by molar-refractivity contribution is -0.137. The van der Waals surface area contributed by atoms with Gasteiger partial charge < -0.3 is 5.32 Å². The van der Waals surface area contributed by atoms with Crippen molar-refractivity contribution in [3.8, 4) is 11.4 Å². The van der Waals surface area contributed by atoms with Crippen LogP contribution in [0.1, 0.15) is 73.0 Å². The van der Waals surface area contributed by atoms with Crippen molar-refractivity contribution in [3.63, 3.8) is 0 Å². The molecule has 0 saturated heterocycles. The van der Waals surface area contributed by atoms with Gasteiger partial charge in [-0.25, -0.2) is 14.4 Å². The average molecular weight is 483 g/mol. The number of hydrogen-bond acceptors (Lipinski definition) is 4. The number of fused-ring (bicyclic) bond motifs is 2. The summed E-state index contributed by atoms with van der Waals surface area (Å²) in [6.07, 6.45) is 1.48. The molecule has 1 unspecified atom stereocenters. The Morgan fingerprint density at radius 1 is 0.914 bits per heavy atom. The van der Waals surface area contributed by atoms with Gasteiger partial charge in [-0.2, -0.15) is 13.2 Å². The highest BCUT2D eigenvalue weighted by atomic mass is 19.4. The maximum absolute atomic E-state index is 14.6. The summed E-state index contributed by atoms with van der Waals surface area (Å²) in [7, 11) is 0. The van der Waals surface area contributed by atoms with Crippen molar-refractivity contribution < 1.29 is 17.6 Å². The van der Waals surface area contributed by atoms with Gasteiger partial charge in [-0.15, -0.1) is 0 Å². The van der Waals surface area contributed by atoms with Crippen LogP contribution in [0.4, 0.5) is 23.4 Å². The van der Waals surface area contributed by atoms with Crippen LogP contribution in [0, 0.1) is 5.82 Å². The van der Waals surface area contributed by atoms with E-state index in [4.69, 9.17) is 4.99 Å². The van der Waals surface area contributed by atoms with Gasteiger partial charge in [0.05, 0.1) is 11.6 Å². The highest BCUT2D eigenvalue weighted by Gasteiger charge is 2.35. The number of nitrogens with zero attached hydrogens (tertiary/aromatic N) is 3. The van der Waals surface area contributed by atoms with Crippen LogP contribution in [0.15, 0.2) is 47.5 Å². The van der Waals surface area contributed by atoms with E-state index < -0.39 is 11.7 Å². The van der Waals surface area contributed by atoms with E-state index in [0.29, 0.717) is 35.6 Å². The number of benzene rings is 2. The van der Waals surface area contributed by atoms with Crippen LogP contribution < -0.4 is 5.32 Å². The van der Waals surface area contributed by atoms with Gasteiger partial charge in [0.25, 0.3) is 0 Å². The first kappa shape index (κ1) is 23.5. The molecule has 1 aromatic heterocycles. The van der Waals surface area contributed by atoms with Crippen LogP contribution in [0.3, 0.4) is 0 Å². The predicted molar refractivity (Wildman–Crippen MR) is 128 cm³/mol. The maximum Gasteiger partial charge on any atom is 0.417 e. The molecule has 0 spiro atoms. The molecule has 0 saturated carbocycles. The standard InChI is InChI=1S/C27H26F4N4/c1-2-21-23-18(12-9-14-20(23)28)26(32-21)35-25-17-11-5-3-4-6-15-22(17)33-24(34-25)16-10-7-8-13-19(16)27(29,30)31/h7-10,12-14,21H,2-6,11,15H2,1H3,(H,32,33,34,35). The number of anilines is 1. The molecule has 2 aromatic carbocycles. The zero-order valence-electron chi connectivity index (χ0n) is 19.4. The molecule has 0 radical (unpaired) electrons. The Bertz CT molecular complexity index is 1280. The van der Waals surface area contributed by atoms with E-state index >= 15 is 0 Å². The Morgan fingerprint density at radius 2 is 1.66 bits per heavy atom. The van der Waals surface area contributed by atoms with Crippen LogP contribution in [0.2, 0.25) is 0 Å². The highest BCUT2D eigenvalue weighted by molar-refractivity contribution is 6.11. The van der Waals surface area contributed by atoms with Crippen LogP contribution in [0.25, 0.3) is 11.4 Å². The van der Waals surface area contributed by atoms with Gasteiger partial charge in [0.2, 0.25) is 0 Å². The molecule has 0 amide bonds. The summed E-state index contributed by atoms with van der Waals surface area (Å²) in [4.78, 5) is 14.0. The van der Waals surface area contributed by atoms with Crippen molar-refractivity contribution >= 4 is 11.7 Å². The van der Waals surface area contributed by atoms with Gasteiger partial charge in [-0.1, -0.05) is 50.1 Å². The fourth-order valence-electron chi connectivity index (χ4n) is 4.98. The Balaban J connectivity index is 1.64. The van der Waals surface area contributed by atoms with Crippen molar-refractivity contribution in [2.45, 2.75) is 64.1 Å². The molecular formula is C27H26F4N4. The van der Waals surface area contributed by atoms with Crippen LogP contribution in [0.5, 0.6) is 0 Å². The van der Waals surface area contributed by atoms with Gasteiger partial charge in [-0.05, 0) is 44.2 Å². The SMILES string of the molecule is CCC1N=C(Nc2nc(-c3ccccc3C(F)(F)F)nc3c2CCCCCC3)c2cccc(F)c21. The summed E-state index contributed by atoms with van der Waals surface area (Å²) in [5, 5.41) is 3.28. The normalized spacial score (nSPS) is 17.7. The van der Waals surface area contributed by atoms with Crippen molar-refractivity contribution in [1.29, 1.82) is 0 Å². The lowest BCUT2D eigenvalue weighted by Gasteiger charge is -2.20. The van der Waals surface area contributed by atoms with E-state index in [1.165, 1.54) is 18.2 Å². The molecule has 2 heterocycles. The van der Waals surface area contributed by atoms with Crippen molar-refractivity contribution in [2.24, 2.45) is 4.99 Å². The molecule has 1 aliphatic heterocycles. The molecule has 182 valence electrons. The Hall–Kier alpha value is -3.29. The zero-order chi connectivity index (χ0) is 24.6. The number of nitrogens with one attached hydrogen (secondary N) is 1. The summed E-state index contributed by atoms with van der Waals surface area (Å²) >= 11 is 0. The number of aliphatic imine (C=N–C) groups is 1. The van der Waals surface area contributed by atoms with E-state index in [1.807, 2.05) is 13.0 Å². The molecule has 8 heteroatoms. The van der Waals surface area contributed by atoms with Crippen molar-refractivity contribution in [2.75, 3.05) is 5.32 Å². The fraction of sp³-hybridized carbons (Fsp3) is 0.370. The Kier molecular flexibility index (Phi) is 6.30. The van der Waals surface area contributed by atoms with Gasteiger partial charge in [0, 0.05) is 27.9 Å². The first-order chi connectivity index (χ1) is 16.9. The highest BCUT2D eigenvalue weighted by Crippen LogP contribution is 2.38. The van der Waals surface area contributed by atoms with Crippen LogP contribution >= 0.6 is 0 Å². The molecule has 0 bridgehead atoms. The minimum atomic E-state index is -4.53. The summed E-state index contributed by atoms with van der Waals surface area (Å²) < 4.78 is 56.0. The molecule has 35 heavy (non-hydrogen) atoms. The van der Waals surface area contributed by atoms with Crippen LogP contribution in [-0.2, 0) is 19.0 Å². The lowest BCUT2D eigenvalue weighted by Crippen LogP contribution is -2.18. The van der Waals surface area contributed by atoms with E-state index in [1.54, 1.807) is 12.1 Å². The molecular weight excluding hydrogens is 456 g/mol. The first-order valence-corrected chi connectivity index (χ1v) is 12.1. The van der Waals surface area contributed by atoms with Crippen molar-refractivity contribution in [1.82, 2.24) is 9.97 Å². The molecule has 2 aliphatic rings. The second-order valence-corrected chi connectivity index (χ2v) is 9.01. The van der Waals surface area contributed by atoms with E-state index in [-0.39, 0.29) is 23.2 Å². The minimum absolute atomic E-state index is 0.0323. The Morgan fingerprint density at radius 3 is 2.43 bits per heavy atom. The first-order valence-electron chi connectivity index (χ1n) is 12.1. The molecule has 3 aromatic rings. The van der Waals surface area contributed by atoms with E-state index in [9.17, 15) is 17.6 Å². The quantitative estimate of drug-likeness (QED) is 0.399. The number of rotatable bonds is 3. The van der Waals surface area contributed by atoms with Gasteiger partial charge in [-0.3, -0.25) is 4.99 Å². The van der Waals surface area contributed by atoms with Crippen LogP contribution in [-0.4, -0.2) is 15.8 Å². The van der Waals surface area contributed by atoms with E-state index in [0.717, 1.165) is 49.4 Å². The number of alkyl halides is 3. The van der Waals surface area contributed by atoms with E-state index in [2.05, 4.69) is 15.3 Å². The largest absolute Gasteiger partial charge is 0.417 e. The molecule has 5 rings (SSSR count). The number of amidine groups is 1. The Labute approximate surface area is 201 Å². The van der Waals surface area contributed by atoms with Crippen molar-refractivity contribution in [3.05, 3.63) is 76.2 Å². The van der Waals surface area contributed by atoms with Gasteiger partial charge >= 0.3 is 6.18 Å². The molecule has 1 aliphatic carbocycles. The molecule has 1 N–H and O–H groups in total.